The molecule has 7 nitrogen and oxygen atoms in total. The molecule has 0 aliphatic carbocycles. The Morgan fingerprint density at radius 1 is 1.26 bits per heavy atom. The molecule has 8 heteroatoms. The zero-order valence-electron chi connectivity index (χ0n) is 10.0. The van der Waals surface area contributed by atoms with Crippen LogP contribution in [-0.4, -0.2) is 56.6 Å². The third-order valence-electron chi connectivity index (χ3n) is 3.21. The summed E-state index contributed by atoms with van der Waals surface area (Å²) in [7, 11) is 0. The maximum Gasteiger partial charge on any atom is 0.407 e. The molecule has 0 bridgehead atoms. The molecule has 19 heavy (non-hydrogen) atoms. The summed E-state index contributed by atoms with van der Waals surface area (Å²) in [4.78, 5) is 23.1. The minimum atomic E-state index is -0.866. The average Bonchev–Trinajstić information content (AvgIpc) is 2.89. The van der Waals surface area contributed by atoms with E-state index in [1.165, 1.54) is 4.90 Å². The molecule has 3 rings (SSSR count). The summed E-state index contributed by atoms with van der Waals surface area (Å²) >= 11 is 3.42. The van der Waals surface area contributed by atoms with Crippen molar-refractivity contribution >= 4 is 33.5 Å². The summed E-state index contributed by atoms with van der Waals surface area (Å²) < 4.78 is 2.75. The number of imidazole rings is 1. The fraction of sp³-hybridized carbons (Fsp3) is 0.364. The Hall–Kier alpha value is -1.83. The van der Waals surface area contributed by atoms with E-state index >= 15 is 0 Å². The number of hydrogen-bond acceptors (Lipinski definition) is 4. The molecule has 0 radical (unpaired) electrons. The number of amides is 1. The first-order valence-electron chi connectivity index (χ1n) is 5.87. The van der Waals surface area contributed by atoms with Crippen LogP contribution in [0.25, 0.3) is 5.65 Å². The number of fused-ring (bicyclic) bond motifs is 1. The number of piperazine rings is 1. The molecule has 1 N–H and O–H groups in total. The van der Waals surface area contributed by atoms with Crippen LogP contribution >= 0.6 is 15.9 Å². The number of nitrogens with zero attached hydrogens (tertiary/aromatic N) is 5. The van der Waals surface area contributed by atoms with E-state index in [1.807, 2.05) is 10.6 Å². The zero-order chi connectivity index (χ0) is 13.4. The van der Waals surface area contributed by atoms with Crippen LogP contribution < -0.4 is 4.90 Å². The van der Waals surface area contributed by atoms with E-state index in [1.54, 1.807) is 12.4 Å². The van der Waals surface area contributed by atoms with Gasteiger partial charge in [0, 0.05) is 38.6 Å². The summed E-state index contributed by atoms with van der Waals surface area (Å²) in [6, 6.07) is 0. The van der Waals surface area contributed by atoms with Crippen LogP contribution in [-0.2, 0) is 0 Å². The Labute approximate surface area is 117 Å². The van der Waals surface area contributed by atoms with Crippen LogP contribution in [0, 0.1) is 0 Å². The summed E-state index contributed by atoms with van der Waals surface area (Å²) in [6.07, 6.45) is 4.44. The molecule has 1 fully saturated rings. The molecule has 0 atom stereocenters. The zero-order valence-corrected chi connectivity index (χ0v) is 11.6. The molecule has 1 aliphatic heterocycles. The van der Waals surface area contributed by atoms with Crippen molar-refractivity contribution < 1.29 is 9.90 Å². The van der Waals surface area contributed by atoms with Crippen LogP contribution in [0.5, 0.6) is 0 Å². The van der Waals surface area contributed by atoms with Crippen LogP contribution in [0.15, 0.2) is 23.2 Å². The Kier molecular flexibility index (Phi) is 3.02. The maximum atomic E-state index is 10.9. The summed E-state index contributed by atoms with van der Waals surface area (Å²) in [5, 5.41) is 8.94. The first kappa shape index (κ1) is 12.2. The molecule has 2 aromatic heterocycles. The van der Waals surface area contributed by atoms with Crippen molar-refractivity contribution in [1.29, 1.82) is 0 Å². The number of carboxylic acid groups (broad SMARTS) is 1. The molecule has 0 spiro atoms. The van der Waals surface area contributed by atoms with E-state index in [0.717, 1.165) is 16.1 Å². The molecular formula is C11H12BrN5O2. The Balaban J connectivity index is 1.88. The molecule has 2 aromatic rings. The van der Waals surface area contributed by atoms with Gasteiger partial charge in [0.25, 0.3) is 0 Å². The van der Waals surface area contributed by atoms with Gasteiger partial charge in [0.1, 0.15) is 4.60 Å². The standard InChI is InChI=1S/C11H12BrN5O2/c12-8-7-14-9(10-13-1-2-17(8)10)15-3-5-16(6-4-15)11(18)19/h1-2,7H,3-6H2,(H,18,19). The average molecular weight is 326 g/mol. The number of anilines is 1. The van der Waals surface area contributed by atoms with E-state index in [2.05, 4.69) is 30.8 Å². The minimum absolute atomic E-state index is 0.486. The van der Waals surface area contributed by atoms with Gasteiger partial charge in [0.05, 0.1) is 6.20 Å². The number of carbonyl (C=O) groups is 1. The van der Waals surface area contributed by atoms with Crippen molar-refractivity contribution in [2.45, 2.75) is 0 Å². The van der Waals surface area contributed by atoms with E-state index in [4.69, 9.17) is 5.11 Å². The monoisotopic (exact) mass is 325 g/mol. The van der Waals surface area contributed by atoms with Gasteiger partial charge in [-0.3, -0.25) is 4.40 Å². The third-order valence-corrected chi connectivity index (χ3v) is 3.80. The summed E-state index contributed by atoms with van der Waals surface area (Å²) in [5.41, 5.74) is 0.776. The molecule has 0 aromatic carbocycles. The van der Waals surface area contributed by atoms with Crippen molar-refractivity contribution in [3.63, 3.8) is 0 Å². The second-order valence-electron chi connectivity index (χ2n) is 4.28. The molecule has 3 heterocycles. The fourth-order valence-corrected chi connectivity index (χ4v) is 2.60. The Morgan fingerprint density at radius 2 is 2.00 bits per heavy atom. The van der Waals surface area contributed by atoms with Crippen molar-refractivity contribution in [2.24, 2.45) is 0 Å². The molecular weight excluding hydrogens is 314 g/mol. The minimum Gasteiger partial charge on any atom is -0.465 e. The second kappa shape index (κ2) is 4.69. The van der Waals surface area contributed by atoms with Crippen LogP contribution in [0.2, 0.25) is 0 Å². The second-order valence-corrected chi connectivity index (χ2v) is 5.09. The highest BCUT2D eigenvalue weighted by Crippen LogP contribution is 2.22. The van der Waals surface area contributed by atoms with Crippen molar-refractivity contribution in [3.05, 3.63) is 23.2 Å². The molecule has 0 saturated carbocycles. The Bertz CT molecular complexity index is 621. The topological polar surface area (TPSA) is 74.0 Å². The highest BCUT2D eigenvalue weighted by molar-refractivity contribution is 9.10. The molecule has 0 unspecified atom stereocenters. The number of halogens is 1. The lowest BCUT2D eigenvalue weighted by Gasteiger charge is -2.33. The van der Waals surface area contributed by atoms with Crippen molar-refractivity contribution in [2.75, 3.05) is 31.1 Å². The third kappa shape index (κ3) is 2.12. The number of aromatic nitrogens is 3. The van der Waals surface area contributed by atoms with E-state index in [9.17, 15) is 4.79 Å². The highest BCUT2D eigenvalue weighted by atomic mass is 79.9. The molecule has 100 valence electrons. The predicted octanol–water partition coefficient (Wildman–Crippen LogP) is 1.29. The highest BCUT2D eigenvalue weighted by Gasteiger charge is 2.23. The van der Waals surface area contributed by atoms with Gasteiger partial charge in [-0.2, -0.15) is 0 Å². The molecule has 1 aliphatic rings. The van der Waals surface area contributed by atoms with Crippen molar-refractivity contribution in [3.8, 4) is 0 Å². The van der Waals surface area contributed by atoms with E-state index in [-0.39, 0.29) is 0 Å². The maximum absolute atomic E-state index is 10.9. The predicted molar refractivity (Wildman–Crippen MR) is 72.5 cm³/mol. The molecule has 1 amide bonds. The van der Waals surface area contributed by atoms with E-state index in [0.29, 0.717) is 26.2 Å². The lowest BCUT2D eigenvalue weighted by Crippen LogP contribution is -2.48. The van der Waals surface area contributed by atoms with E-state index < -0.39 is 6.09 Å². The lowest BCUT2D eigenvalue weighted by molar-refractivity contribution is 0.142. The first-order chi connectivity index (χ1) is 9.16. The largest absolute Gasteiger partial charge is 0.465 e. The van der Waals surface area contributed by atoms with Crippen LogP contribution in [0.1, 0.15) is 0 Å². The number of rotatable bonds is 1. The van der Waals surface area contributed by atoms with Gasteiger partial charge >= 0.3 is 6.09 Å². The summed E-state index contributed by atoms with van der Waals surface area (Å²) in [5.74, 6) is 0.790. The van der Waals surface area contributed by atoms with Crippen molar-refractivity contribution in [1.82, 2.24) is 19.3 Å². The van der Waals surface area contributed by atoms with Gasteiger partial charge in [-0.15, -0.1) is 0 Å². The van der Waals surface area contributed by atoms with Gasteiger partial charge in [0.15, 0.2) is 11.5 Å². The number of hydrogen-bond donors (Lipinski definition) is 1. The van der Waals surface area contributed by atoms with Gasteiger partial charge < -0.3 is 14.9 Å². The normalized spacial score (nSPS) is 16.1. The van der Waals surface area contributed by atoms with Gasteiger partial charge in [0.2, 0.25) is 0 Å². The van der Waals surface area contributed by atoms with Gasteiger partial charge in [-0.1, -0.05) is 0 Å². The fourth-order valence-electron chi connectivity index (χ4n) is 2.21. The molecule has 1 saturated heterocycles. The smallest absolute Gasteiger partial charge is 0.407 e. The first-order valence-corrected chi connectivity index (χ1v) is 6.66. The van der Waals surface area contributed by atoms with Crippen LogP contribution in [0.4, 0.5) is 10.6 Å². The SMILES string of the molecule is O=C(O)N1CCN(c2ncc(Br)n3ccnc23)CC1. The van der Waals surface area contributed by atoms with Gasteiger partial charge in [-0.05, 0) is 15.9 Å². The van der Waals surface area contributed by atoms with Crippen LogP contribution in [0.3, 0.4) is 0 Å². The van der Waals surface area contributed by atoms with Gasteiger partial charge in [-0.25, -0.2) is 14.8 Å². The Morgan fingerprint density at radius 3 is 2.68 bits per heavy atom. The quantitative estimate of drug-likeness (QED) is 0.855. The summed E-state index contributed by atoms with van der Waals surface area (Å²) in [6.45, 7) is 2.23. The lowest BCUT2D eigenvalue weighted by atomic mass is 10.3.